The summed E-state index contributed by atoms with van der Waals surface area (Å²) in [6.07, 6.45) is 0. The average Bonchev–Trinajstić information content (AvgIpc) is 2.33. The second kappa shape index (κ2) is 2.98. The molecule has 1 aliphatic rings. The summed E-state index contributed by atoms with van der Waals surface area (Å²) in [7, 11) is 0. The fraction of sp³-hybridized carbons (Fsp3) is 0.167. The maximum atomic E-state index is 10.6. The maximum Gasteiger partial charge on any atom is 0.272 e. The van der Waals surface area contributed by atoms with E-state index >= 15 is 0 Å². The molecular weight excluding hydrogens is 160 g/mol. The van der Waals surface area contributed by atoms with Gasteiger partial charge in [0.05, 0.1) is 0 Å². The first-order valence-corrected chi connectivity index (χ1v) is 3.09. The number of carbonyl (C=O) groups is 2. The lowest BCUT2D eigenvalue weighted by atomic mass is 10.4. The third-order valence-corrected chi connectivity index (χ3v) is 1.08. The Morgan fingerprint density at radius 1 is 1.50 bits per heavy atom. The van der Waals surface area contributed by atoms with Gasteiger partial charge in [-0.25, -0.2) is 0 Å². The molecule has 6 heteroatoms. The lowest BCUT2D eigenvalue weighted by Crippen LogP contribution is -2.22. The number of nitrogens with two attached hydrogens (primary N) is 1. The highest BCUT2D eigenvalue weighted by molar-refractivity contribution is 5.95. The van der Waals surface area contributed by atoms with E-state index in [0.29, 0.717) is 0 Å². The molecule has 12 heavy (non-hydrogen) atoms. The van der Waals surface area contributed by atoms with Crippen LogP contribution in [0.4, 0.5) is 0 Å². The summed E-state index contributed by atoms with van der Waals surface area (Å²) in [5.74, 6) is -1.03. The quantitative estimate of drug-likeness (QED) is 0.548. The molecule has 0 aromatic heterocycles. The lowest BCUT2D eigenvalue weighted by Gasteiger charge is -1.98. The molecule has 0 fully saturated rings. The van der Waals surface area contributed by atoms with E-state index in [1.54, 1.807) is 0 Å². The van der Waals surface area contributed by atoms with Crippen LogP contribution in [0.5, 0.6) is 0 Å². The molecule has 0 saturated carbocycles. The van der Waals surface area contributed by atoms with Crippen LogP contribution in [-0.2, 0) is 9.59 Å². The van der Waals surface area contributed by atoms with Gasteiger partial charge in [0, 0.05) is 6.92 Å². The van der Waals surface area contributed by atoms with Gasteiger partial charge in [-0.05, 0) is 0 Å². The standard InChI is InChI=1S/C6H6N4O2/c1-3(11)10-6-4(5(7)12)8-2-9-6/h1H3,(H2,7,12)(H,10,11). The molecule has 0 aliphatic carbocycles. The van der Waals surface area contributed by atoms with Crippen LogP contribution < -0.4 is 11.1 Å². The zero-order valence-corrected chi connectivity index (χ0v) is 6.29. The van der Waals surface area contributed by atoms with Gasteiger partial charge < -0.3 is 11.1 Å². The molecule has 2 amide bonds. The Morgan fingerprint density at radius 3 is 2.67 bits per heavy atom. The predicted molar refractivity (Wildman–Crippen MR) is 39.9 cm³/mol. The van der Waals surface area contributed by atoms with E-state index < -0.39 is 5.91 Å². The van der Waals surface area contributed by atoms with Crippen LogP contribution in [0.1, 0.15) is 6.92 Å². The Kier molecular flexibility index (Phi) is 2.02. The Hall–Kier alpha value is -1.94. The summed E-state index contributed by atoms with van der Waals surface area (Å²) in [4.78, 5) is 28.1. The van der Waals surface area contributed by atoms with Crippen molar-refractivity contribution in [1.29, 1.82) is 0 Å². The van der Waals surface area contributed by atoms with Crippen molar-refractivity contribution in [3.05, 3.63) is 11.5 Å². The van der Waals surface area contributed by atoms with Crippen molar-refractivity contribution in [1.82, 2.24) is 5.32 Å². The van der Waals surface area contributed by atoms with Gasteiger partial charge in [-0.2, -0.15) is 9.98 Å². The second-order valence-electron chi connectivity index (χ2n) is 2.07. The van der Waals surface area contributed by atoms with Crippen molar-refractivity contribution in [3.63, 3.8) is 0 Å². The van der Waals surface area contributed by atoms with Crippen LogP contribution in [0.25, 0.3) is 0 Å². The summed E-state index contributed by atoms with van der Waals surface area (Å²) in [6.45, 7) is 1.29. The molecule has 1 rings (SSSR count). The number of carbonyl (C=O) groups excluding carboxylic acids is 2. The minimum absolute atomic E-state index is 0.0509. The Balaban J connectivity index is 2.87. The van der Waals surface area contributed by atoms with Gasteiger partial charge in [0.2, 0.25) is 5.91 Å². The van der Waals surface area contributed by atoms with Gasteiger partial charge in [-0.15, -0.1) is 0 Å². The van der Waals surface area contributed by atoms with Crippen LogP contribution >= 0.6 is 0 Å². The van der Waals surface area contributed by atoms with Crippen LogP contribution in [0, 0.1) is 0 Å². The fourth-order valence-corrected chi connectivity index (χ4v) is 0.657. The number of hydrogen-bond acceptors (Lipinski definition) is 4. The molecule has 0 aromatic rings. The van der Waals surface area contributed by atoms with Gasteiger partial charge in [0.1, 0.15) is 6.01 Å². The molecule has 0 radical (unpaired) electrons. The van der Waals surface area contributed by atoms with E-state index in [9.17, 15) is 9.59 Å². The van der Waals surface area contributed by atoms with E-state index in [1.807, 2.05) is 0 Å². The molecule has 3 N–H and O–H groups in total. The number of nitrogens with zero attached hydrogens (tertiary/aromatic N) is 2. The predicted octanol–water partition coefficient (Wildman–Crippen LogP) is -1.04. The average molecular weight is 166 g/mol. The van der Waals surface area contributed by atoms with Crippen LogP contribution in [0.2, 0.25) is 0 Å². The monoisotopic (exact) mass is 166 g/mol. The first-order chi connectivity index (χ1) is 5.61. The maximum absolute atomic E-state index is 10.6. The van der Waals surface area contributed by atoms with Gasteiger partial charge >= 0.3 is 0 Å². The zero-order valence-electron chi connectivity index (χ0n) is 6.29. The number of hydrogen-bond donors (Lipinski definition) is 2. The van der Waals surface area contributed by atoms with Gasteiger partial charge in [0.15, 0.2) is 11.5 Å². The van der Waals surface area contributed by atoms with Crippen molar-refractivity contribution in [2.45, 2.75) is 6.92 Å². The summed E-state index contributed by atoms with van der Waals surface area (Å²) in [6, 6.07) is 2.17. The fourth-order valence-electron chi connectivity index (χ4n) is 0.657. The van der Waals surface area contributed by atoms with Crippen molar-refractivity contribution in [3.8, 4) is 0 Å². The zero-order chi connectivity index (χ0) is 9.14. The van der Waals surface area contributed by atoms with E-state index in [1.165, 1.54) is 6.92 Å². The molecule has 1 heterocycles. The molecule has 0 spiro atoms. The Morgan fingerprint density at radius 2 is 2.17 bits per heavy atom. The van der Waals surface area contributed by atoms with Gasteiger partial charge in [0.25, 0.3) is 5.91 Å². The van der Waals surface area contributed by atoms with E-state index in [4.69, 9.17) is 5.73 Å². The number of rotatable bonds is 2. The first-order valence-electron chi connectivity index (χ1n) is 3.09. The van der Waals surface area contributed by atoms with E-state index in [-0.39, 0.29) is 17.4 Å². The van der Waals surface area contributed by atoms with Crippen LogP contribution in [-0.4, -0.2) is 17.8 Å². The molecule has 62 valence electrons. The molecule has 0 aromatic carbocycles. The van der Waals surface area contributed by atoms with Crippen molar-refractivity contribution >= 4 is 17.8 Å². The van der Waals surface area contributed by atoms with E-state index in [2.05, 4.69) is 21.3 Å². The minimum atomic E-state index is -0.743. The highest BCUT2D eigenvalue weighted by atomic mass is 16.2. The molecule has 0 unspecified atom stereocenters. The molecule has 0 saturated heterocycles. The number of primary amides is 1. The van der Waals surface area contributed by atoms with Crippen molar-refractivity contribution < 1.29 is 9.59 Å². The molecule has 1 aliphatic heterocycles. The highest BCUT2D eigenvalue weighted by Gasteiger charge is 2.15. The minimum Gasteiger partial charge on any atom is -0.364 e. The van der Waals surface area contributed by atoms with Crippen LogP contribution in [0.15, 0.2) is 21.5 Å². The SMILES string of the molecule is CC(=O)NC1=C(C(N)=O)N=C=N1. The lowest BCUT2D eigenvalue weighted by molar-refractivity contribution is -0.118. The van der Waals surface area contributed by atoms with Gasteiger partial charge in [-0.3, -0.25) is 9.59 Å². The second-order valence-corrected chi connectivity index (χ2v) is 2.07. The number of aliphatic imine (C=N–C) groups is 2. The Bertz CT molecular complexity index is 335. The Labute approximate surface area is 67.9 Å². The smallest absolute Gasteiger partial charge is 0.272 e. The third kappa shape index (κ3) is 1.56. The normalized spacial score (nSPS) is 13.8. The molecule has 6 nitrogen and oxygen atoms in total. The number of nitrogens with one attached hydrogen (secondary N) is 1. The third-order valence-electron chi connectivity index (χ3n) is 1.08. The highest BCUT2D eigenvalue weighted by Crippen LogP contribution is 2.07. The summed E-state index contributed by atoms with van der Waals surface area (Å²) < 4.78 is 0. The first kappa shape index (κ1) is 8.16. The summed E-state index contributed by atoms with van der Waals surface area (Å²) >= 11 is 0. The number of amides is 2. The molecular formula is C6H6N4O2. The summed E-state index contributed by atoms with van der Waals surface area (Å²) in [5, 5.41) is 2.29. The van der Waals surface area contributed by atoms with Crippen LogP contribution in [0.3, 0.4) is 0 Å². The summed E-state index contributed by atoms with van der Waals surface area (Å²) in [5.41, 5.74) is 4.84. The molecule has 0 atom stereocenters. The molecule has 0 bridgehead atoms. The topological polar surface area (TPSA) is 96.9 Å². The largest absolute Gasteiger partial charge is 0.364 e. The van der Waals surface area contributed by atoms with Gasteiger partial charge in [-0.1, -0.05) is 0 Å². The van der Waals surface area contributed by atoms with E-state index in [0.717, 1.165) is 0 Å². The van der Waals surface area contributed by atoms with Crippen molar-refractivity contribution in [2.24, 2.45) is 15.7 Å². The van der Waals surface area contributed by atoms with Crippen molar-refractivity contribution in [2.75, 3.05) is 0 Å².